The van der Waals surface area contributed by atoms with Crippen LogP contribution in [0.1, 0.15) is 88.6 Å². The number of anilines is 4. The van der Waals surface area contributed by atoms with Gasteiger partial charge in [0.2, 0.25) is 5.95 Å². The number of carbonyl (C=O) groups is 2. The molecule has 0 bridgehead atoms. The van der Waals surface area contributed by atoms with E-state index in [-0.39, 0.29) is 42.2 Å². The molecule has 17 nitrogen and oxygen atoms in total. The Labute approximate surface area is 471 Å². The standard InChI is InChI=1S/C26H36F3N7O.C21H26N2O2.C11H16F3N5/c1-18-15-35(24-32-14-22(23(30)33-24)26(27,28)29)16-19(2)36(18)25(37)31-11-8-20-9-12-34(13-10-20)17-21-6-4-3-5-7-21;24-21(25-20-9-5-2-6-10-20)22-14-11-18-12-15-23(16-13-18)17-19-7-3-1-4-8-19;1-6-4-19(5-7(2)17-6)8-3-16-9(10(15)18-8)11(12,13)14/h3-7,14,18-20H,8-13,15-17H2,1-2H3,(H,31,37)(H2,30,32,33);1-10,18H,11-17H2,(H,22,24);3,6-7,17H,4-5H2,1-2H3,(H2,15,18)/t18-,19-;;6-,7-/m1.1/s1. The first-order valence-corrected chi connectivity index (χ1v) is 27.9. The third-order valence-electron chi connectivity index (χ3n) is 15.0. The maximum atomic E-state index is 13.0. The van der Waals surface area contributed by atoms with E-state index in [2.05, 4.69) is 100 Å². The molecule has 4 fully saturated rings. The van der Waals surface area contributed by atoms with Crippen LogP contribution in [0.15, 0.2) is 103 Å². The van der Waals surface area contributed by atoms with E-state index in [4.69, 9.17) is 16.2 Å². The van der Waals surface area contributed by atoms with Crippen LogP contribution in [0.3, 0.4) is 0 Å². The van der Waals surface area contributed by atoms with Crippen LogP contribution in [0, 0.1) is 11.8 Å². The van der Waals surface area contributed by atoms with E-state index in [1.165, 1.54) is 24.0 Å². The van der Waals surface area contributed by atoms with E-state index < -0.39 is 35.2 Å². The summed E-state index contributed by atoms with van der Waals surface area (Å²) in [5, 5.41) is 9.26. The number of ether oxygens (including phenoxy) is 1. The van der Waals surface area contributed by atoms with Crippen LogP contribution in [0.2, 0.25) is 0 Å². The molecule has 2 aromatic heterocycles. The van der Waals surface area contributed by atoms with Crippen molar-refractivity contribution < 1.29 is 40.7 Å². The minimum Gasteiger partial charge on any atom is -0.410 e. The van der Waals surface area contributed by atoms with E-state index in [9.17, 15) is 35.9 Å². The van der Waals surface area contributed by atoms with E-state index in [0.717, 1.165) is 77.3 Å². The highest BCUT2D eigenvalue weighted by Crippen LogP contribution is 2.34. The van der Waals surface area contributed by atoms with Gasteiger partial charge < -0.3 is 46.9 Å². The number of piperidine rings is 2. The molecule has 23 heteroatoms. The summed E-state index contributed by atoms with van der Waals surface area (Å²) < 4.78 is 81.8. The first-order chi connectivity index (χ1) is 38.7. The molecular weight excluding hydrogens is 1050 g/mol. The molecule has 81 heavy (non-hydrogen) atoms. The number of nitrogens with two attached hydrogens (primary N) is 2. The van der Waals surface area contributed by atoms with Crippen LogP contribution in [0.25, 0.3) is 0 Å². The van der Waals surface area contributed by atoms with Gasteiger partial charge in [-0.3, -0.25) is 9.80 Å². The number of nitrogens with one attached hydrogen (secondary N) is 3. The van der Waals surface area contributed by atoms with Crippen molar-refractivity contribution in [1.82, 2.24) is 50.6 Å². The van der Waals surface area contributed by atoms with Gasteiger partial charge in [-0.1, -0.05) is 78.9 Å². The molecule has 0 unspecified atom stereocenters. The van der Waals surface area contributed by atoms with E-state index in [1.807, 2.05) is 56.9 Å². The van der Waals surface area contributed by atoms with Gasteiger partial charge in [-0.25, -0.2) is 24.5 Å². The van der Waals surface area contributed by atoms with Gasteiger partial charge in [-0.15, -0.1) is 0 Å². The maximum absolute atomic E-state index is 13.0. The molecule has 440 valence electrons. The monoisotopic (exact) mass is 1130 g/mol. The Morgan fingerprint density at radius 3 is 1.58 bits per heavy atom. The lowest BCUT2D eigenvalue weighted by atomic mass is 9.93. The number of para-hydroxylation sites is 1. The second-order valence-corrected chi connectivity index (χ2v) is 21.7. The van der Waals surface area contributed by atoms with Crippen LogP contribution < -0.4 is 42.0 Å². The van der Waals surface area contributed by atoms with Crippen LogP contribution >= 0.6 is 0 Å². The van der Waals surface area contributed by atoms with Gasteiger partial charge in [-0.2, -0.15) is 31.3 Å². The van der Waals surface area contributed by atoms with Crippen molar-refractivity contribution in [3.63, 3.8) is 0 Å². The number of alkyl halides is 6. The van der Waals surface area contributed by atoms with Gasteiger partial charge in [0.25, 0.3) is 0 Å². The molecule has 4 atom stereocenters. The average molecular weight is 1130 g/mol. The fourth-order valence-corrected chi connectivity index (χ4v) is 11.0. The van der Waals surface area contributed by atoms with Crippen molar-refractivity contribution in [3.05, 3.63) is 126 Å². The van der Waals surface area contributed by atoms with Crippen LogP contribution in [-0.2, 0) is 25.4 Å². The summed E-state index contributed by atoms with van der Waals surface area (Å²) in [4.78, 5) is 50.2. The van der Waals surface area contributed by atoms with Crippen molar-refractivity contribution in [3.8, 4) is 5.75 Å². The Morgan fingerprint density at radius 2 is 1.11 bits per heavy atom. The first kappa shape index (κ1) is 61.6. The number of carbonyl (C=O) groups excluding carboxylic acids is 2. The van der Waals surface area contributed by atoms with Gasteiger partial charge in [0.1, 0.15) is 22.9 Å². The zero-order valence-corrected chi connectivity index (χ0v) is 46.7. The summed E-state index contributed by atoms with van der Waals surface area (Å²) in [5.41, 5.74) is 11.4. The summed E-state index contributed by atoms with van der Waals surface area (Å²) in [6.45, 7) is 17.7. The lowest BCUT2D eigenvalue weighted by Crippen LogP contribution is -2.61. The smallest absolute Gasteiger partial charge is 0.410 e. The van der Waals surface area contributed by atoms with Gasteiger partial charge >= 0.3 is 24.5 Å². The van der Waals surface area contributed by atoms with Gasteiger partial charge in [-0.05, 0) is 127 Å². The largest absolute Gasteiger partial charge is 0.437 e. The lowest BCUT2D eigenvalue weighted by molar-refractivity contribution is -0.140. The Kier molecular flexibility index (Phi) is 22.2. The molecule has 0 spiro atoms. The molecule has 3 aromatic carbocycles. The quantitative estimate of drug-likeness (QED) is 0.0699. The molecule has 0 radical (unpaired) electrons. The van der Waals surface area contributed by atoms with E-state index >= 15 is 0 Å². The van der Waals surface area contributed by atoms with Crippen LogP contribution in [0.4, 0.5) is 59.3 Å². The fraction of sp³-hybridized carbons (Fsp3) is 0.517. The number of amides is 3. The molecule has 4 aliphatic heterocycles. The Hall–Kier alpha value is -6.98. The second kappa shape index (κ2) is 29.1. The number of nitrogens with zero attached hydrogens (tertiary/aromatic N) is 9. The van der Waals surface area contributed by atoms with Gasteiger partial charge in [0.05, 0.1) is 6.20 Å². The summed E-state index contributed by atoms with van der Waals surface area (Å²) in [6.07, 6.45) is -1.07. The van der Waals surface area contributed by atoms with Crippen molar-refractivity contribution in [2.45, 2.75) is 116 Å². The second-order valence-electron chi connectivity index (χ2n) is 21.7. The minimum absolute atomic E-state index is 0.117. The molecular formula is C58H78F6N14O3. The molecule has 6 heterocycles. The zero-order chi connectivity index (χ0) is 58.1. The molecule has 0 aliphatic carbocycles. The van der Waals surface area contributed by atoms with Crippen LogP contribution in [-0.4, -0.2) is 136 Å². The normalized spacial score (nSPS) is 20.5. The number of rotatable bonds is 13. The molecule has 4 aliphatic rings. The average Bonchev–Trinajstić information content (AvgIpc) is 3.55. The Balaban J connectivity index is 0.000000186. The Bertz CT molecular complexity index is 2700. The summed E-state index contributed by atoms with van der Waals surface area (Å²) in [5.74, 6) is 1.21. The van der Waals surface area contributed by atoms with Gasteiger partial charge in [0, 0.05) is 82.7 Å². The number of benzene rings is 3. The minimum atomic E-state index is -4.60. The number of halogens is 6. The molecule has 3 amide bonds. The number of hydrogen-bond acceptors (Lipinski definition) is 14. The molecule has 4 saturated heterocycles. The number of likely N-dealkylation sites (tertiary alicyclic amines) is 2. The van der Waals surface area contributed by atoms with Gasteiger partial charge in [0.15, 0.2) is 11.5 Å². The third kappa shape index (κ3) is 19.1. The molecule has 9 rings (SSSR count). The Morgan fingerprint density at radius 1 is 0.617 bits per heavy atom. The van der Waals surface area contributed by atoms with Crippen molar-refractivity contribution in [2.75, 3.05) is 86.7 Å². The van der Waals surface area contributed by atoms with Crippen LogP contribution in [0.5, 0.6) is 5.75 Å². The number of hydrogen-bond donors (Lipinski definition) is 5. The van der Waals surface area contributed by atoms with Crippen molar-refractivity contribution in [2.24, 2.45) is 11.8 Å². The molecule has 5 aromatic rings. The summed E-state index contributed by atoms with van der Waals surface area (Å²) >= 11 is 0. The highest BCUT2D eigenvalue weighted by atomic mass is 19.4. The lowest BCUT2D eigenvalue weighted by Gasteiger charge is -2.44. The number of urea groups is 1. The molecule has 0 saturated carbocycles. The van der Waals surface area contributed by atoms with E-state index in [1.54, 1.807) is 21.9 Å². The highest BCUT2D eigenvalue weighted by molar-refractivity contribution is 5.75. The van der Waals surface area contributed by atoms with Crippen molar-refractivity contribution in [1.29, 1.82) is 0 Å². The predicted octanol–water partition coefficient (Wildman–Crippen LogP) is 9.33. The molecule has 7 N–H and O–H groups in total. The number of nitrogen functional groups attached to an aromatic ring is 2. The zero-order valence-electron chi connectivity index (χ0n) is 46.7. The highest BCUT2D eigenvalue weighted by Gasteiger charge is 2.38. The summed E-state index contributed by atoms with van der Waals surface area (Å²) in [7, 11) is 0. The van der Waals surface area contributed by atoms with Crippen molar-refractivity contribution >= 4 is 35.5 Å². The topological polar surface area (TPSA) is 199 Å². The number of piperazine rings is 2. The van der Waals surface area contributed by atoms with E-state index in [0.29, 0.717) is 62.7 Å². The summed E-state index contributed by atoms with van der Waals surface area (Å²) in [6, 6.07) is 30.3. The predicted molar refractivity (Wildman–Crippen MR) is 302 cm³/mol. The SMILES string of the molecule is C[C@@H]1CN(c2cnc(C(F)(F)F)c(N)n2)C[C@@H](C)N1.C[C@@H]1CN(c2ncc(C(F)(F)F)c(N)n2)C[C@@H](C)N1C(=O)NCCC1CCN(Cc2ccccc2)CC1.O=C(NCCC1CCN(Cc2ccccc2)CC1)Oc1ccccc1. The fourth-order valence-electron chi connectivity index (χ4n) is 11.0. The first-order valence-electron chi connectivity index (χ1n) is 27.9. The maximum Gasteiger partial charge on any atom is 0.437 e. The number of aromatic nitrogens is 4. The third-order valence-corrected chi connectivity index (χ3v) is 15.0.